The average molecular weight is 226 g/mol. The monoisotopic (exact) mass is 226 g/mol. The second kappa shape index (κ2) is 3.47. The molecular weight excluding hydrogens is 208 g/mol. The second-order valence-electron chi connectivity index (χ2n) is 5.19. The van der Waals surface area contributed by atoms with E-state index < -0.39 is 23.1 Å². The number of hydrogen-bond acceptors (Lipinski definition) is 4. The van der Waals surface area contributed by atoms with Crippen LogP contribution in [0.2, 0.25) is 0 Å². The SMILES string of the molecule is CCCCC1CC12C(=O)OC(C)(C)OC2=O. The van der Waals surface area contributed by atoms with Crippen LogP contribution in [0.5, 0.6) is 0 Å². The highest BCUT2D eigenvalue weighted by atomic mass is 16.7. The van der Waals surface area contributed by atoms with Gasteiger partial charge in [-0.25, -0.2) is 0 Å². The van der Waals surface area contributed by atoms with Gasteiger partial charge < -0.3 is 9.47 Å². The lowest BCUT2D eigenvalue weighted by molar-refractivity contribution is -0.243. The van der Waals surface area contributed by atoms with Crippen LogP contribution < -0.4 is 0 Å². The molecule has 2 fully saturated rings. The molecule has 1 aliphatic carbocycles. The lowest BCUT2D eigenvalue weighted by Crippen LogP contribution is -2.48. The van der Waals surface area contributed by atoms with Gasteiger partial charge in [-0.2, -0.15) is 0 Å². The summed E-state index contributed by atoms with van der Waals surface area (Å²) in [6.45, 7) is 5.26. The van der Waals surface area contributed by atoms with Gasteiger partial charge in [0.15, 0.2) is 5.41 Å². The molecule has 2 rings (SSSR count). The van der Waals surface area contributed by atoms with Crippen LogP contribution in [0.3, 0.4) is 0 Å². The highest BCUT2D eigenvalue weighted by molar-refractivity contribution is 6.05. The molecule has 0 aromatic heterocycles. The zero-order valence-corrected chi connectivity index (χ0v) is 10.0. The van der Waals surface area contributed by atoms with Gasteiger partial charge in [-0.3, -0.25) is 9.59 Å². The van der Waals surface area contributed by atoms with E-state index in [1.807, 2.05) is 0 Å². The lowest BCUT2D eigenvalue weighted by Gasteiger charge is -2.33. The fourth-order valence-corrected chi connectivity index (χ4v) is 2.36. The minimum atomic E-state index is -1.10. The summed E-state index contributed by atoms with van der Waals surface area (Å²) in [5.74, 6) is -1.76. The first-order valence-corrected chi connectivity index (χ1v) is 5.89. The molecule has 1 heterocycles. The van der Waals surface area contributed by atoms with Gasteiger partial charge >= 0.3 is 11.9 Å². The molecule has 1 unspecified atom stereocenters. The van der Waals surface area contributed by atoms with Crippen molar-refractivity contribution in [2.45, 2.75) is 52.2 Å². The largest absolute Gasteiger partial charge is 0.422 e. The third kappa shape index (κ3) is 1.60. The summed E-state index contributed by atoms with van der Waals surface area (Å²) in [7, 11) is 0. The van der Waals surface area contributed by atoms with E-state index >= 15 is 0 Å². The van der Waals surface area contributed by atoms with Gasteiger partial charge in [-0.1, -0.05) is 19.8 Å². The molecule has 0 aromatic rings. The summed E-state index contributed by atoms with van der Waals surface area (Å²) in [5, 5.41) is 0. The van der Waals surface area contributed by atoms with Gasteiger partial charge in [0.2, 0.25) is 0 Å². The number of carbonyl (C=O) groups excluding carboxylic acids is 2. The maximum Gasteiger partial charge on any atom is 0.327 e. The molecule has 0 amide bonds. The Morgan fingerprint density at radius 3 is 2.31 bits per heavy atom. The predicted octanol–water partition coefficient (Wildman–Crippen LogP) is 2.02. The number of rotatable bonds is 3. The van der Waals surface area contributed by atoms with Gasteiger partial charge in [0, 0.05) is 13.8 Å². The first-order chi connectivity index (χ1) is 7.42. The Morgan fingerprint density at radius 2 is 1.81 bits per heavy atom. The molecule has 4 nitrogen and oxygen atoms in total. The van der Waals surface area contributed by atoms with Gasteiger partial charge in [-0.05, 0) is 18.8 Å². The average Bonchev–Trinajstić information content (AvgIpc) is 2.86. The topological polar surface area (TPSA) is 52.6 Å². The smallest absolute Gasteiger partial charge is 0.327 e. The van der Waals surface area contributed by atoms with E-state index in [4.69, 9.17) is 9.47 Å². The van der Waals surface area contributed by atoms with Gasteiger partial charge in [0.1, 0.15) is 0 Å². The Balaban J connectivity index is 2.07. The minimum Gasteiger partial charge on any atom is -0.422 e. The number of hydrogen-bond donors (Lipinski definition) is 0. The number of ether oxygens (including phenoxy) is 2. The van der Waals surface area contributed by atoms with Crippen molar-refractivity contribution in [2.75, 3.05) is 0 Å². The standard InChI is InChI=1S/C12H18O4/c1-4-5-6-8-7-12(8)9(13)15-11(2,3)16-10(12)14/h8H,4-7H2,1-3H3. The molecular formula is C12H18O4. The second-order valence-corrected chi connectivity index (χ2v) is 5.19. The molecule has 1 aliphatic heterocycles. The molecule has 4 heteroatoms. The molecule has 1 saturated carbocycles. The molecule has 16 heavy (non-hydrogen) atoms. The molecule has 1 saturated heterocycles. The van der Waals surface area contributed by atoms with Crippen molar-refractivity contribution in [1.82, 2.24) is 0 Å². The first-order valence-electron chi connectivity index (χ1n) is 5.89. The number of unbranched alkanes of at least 4 members (excludes halogenated alkanes) is 1. The number of cyclic esters (lactones) is 2. The van der Waals surface area contributed by atoms with E-state index in [9.17, 15) is 9.59 Å². The van der Waals surface area contributed by atoms with Gasteiger partial charge in [-0.15, -0.1) is 0 Å². The number of carbonyl (C=O) groups is 2. The van der Waals surface area contributed by atoms with E-state index in [0.29, 0.717) is 6.42 Å². The summed E-state index contributed by atoms with van der Waals surface area (Å²) < 4.78 is 10.3. The summed E-state index contributed by atoms with van der Waals surface area (Å²) >= 11 is 0. The highest BCUT2D eigenvalue weighted by Gasteiger charge is 2.70. The van der Waals surface area contributed by atoms with Crippen LogP contribution in [0, 0.1) is 11.3 Å². The Hall–Kier alpha value is -1.06. The molecule has 0 aromatic carbocycles. The summed E-state index contributed by atoms with van der Waals surface area (Å²) in [6, 6.07) is 0. The maximum absolute atomic E-state index is 11.9. The van der Waals surface area contributed by atoms with Crippen molar-refractivity contribution >= 4 is 11.9 Å². The van der Waals surface area contributed by atoms with Gasteiger partial charge in [0.05, 0.1) is 0 Å². The van der Waals surface area contributed by atoms with E-state index in [0.717, 1.165) is 19.3 Å². The van der Waals surface area contributed by atoms with E-state index in [-0.39, 0.29) is 5.92 Å². The third-order valence-electron chi connectivity index (χ3n) is 3.42. The van der Waals surface area contributed by atoms with Crippen molar-refractivity contribution in [2.24, 2.45) is 11.3 Å². The molecule has 1 atom stereocenters. The van der Waals surface area contributed by atoms with Crippen LogP contribution in [-0.4, -0.2) is 17.7 Å². The summed E-state index contributed by atoms with van der Waals surface area (Å²) in [4.78, 5) is 23.7. The van der Waals surface area contributed by atoms with Crippen LogP contribution in [-0.2, 0) is 19.1 Å². The Labute approximate surface area is 95.3 Å². The molecule has 1 spiro atoms. The van der Waals surface area contributed by atoms with E-state index in [1.54, 1.807) is 13.8 Å². The van der Waals surface area contributed by atoms with E-state index in [2.05, 4.69) is 6.92 Å². The summed E-state index contributed by atoms with van der Waals surface area (Å²) in [5.41, 5.74) is -0.954. The van der Waals surface area contributed by atoms with Crippen molar-refractivity contribution < 1.29 is 19.1 Å². The van der Waals surface area contributed by atoms with Crippen LogP contribution in [0.15, 0.2) is 0 Å². The third-order valence-corrected chi connectivity index (χ3v) is 3.42. The fourth-order valence-electron chi connectivity index (χ4n) is 2.36. The van der Waals surface area contributed by atoms with E-state index in [1.165, 1.54) is 0 Å². The maximum atomic E-state index is 11.9. The lowest BCUT2D eigenvalue weighted by atomic mass is 9.99. The quantitative estimate of drug-likeness (QED) is 0.545. The first kappa shape index (κ1) is 11.4. The normalized spacial score (nSPS) is 29.8. The molecule has 90 valence electrons. The van der Waals surface area contributed by atoms with Crippen molar-refractivity contribution in [3.05, 3.63) is 0 Å². The van der Waals surface area contributed by atoms with Crippen molar-refractivity contribution in [3.8, 4) is 0 Å². The molecule has 0 bridgehead atoms. The zero-order valence-electron chi connectivity index (χ0n) is 10.0. The van der Waals surface area contributed by atoms with Crippen LogP contribution in [0.4, 0.5) is 0 Å². The Bertz CT molecular complexity index is 312. The summed E-state index contributed by atoms with van der Waals surface area (Å²) in [6.07, 6.45) is 3.61. The van der Waals surface area contributed by atoms with Crippen LogP contribution in [0.1, 0.15) is 46.5 Å². The fraction of sp³-hybridized carbons (Fsp3) is 0.833. The number of esters is 2. The zero-order chi connectivity index (χ0) is 12.0. The van der Waals surface area contributed by atoms with Gasteiger partial charge in [0.25, 0.3) is 5.79 Å². The minimum absolute atomic E-state index is 0.128. The molecule has 0 radical (unpaired) electrons. The Kier molecular flexibility index (Phi) is 2.48. The van der Waals surface area contributed by atoms with Crippen LogP contribution >= 0.6 is 0 Å². The molecule has 0 N–H and O–H groups in total. The van der Waals surface area contributed by atoms with Crippen molar-refractivity contribution in [1.29, 1.82) is 0 Å². The predicted molar refractivity (Wildman–Crippen MR) is 56.3 cm³/mol. The van der Waals surface area contributed by atoms with Crippen molar-refractivity contribution in [3.63, 3.8) is 0 Å². The highest BCUT2D eigenvalue weighted by Crippen LogP contribution is 2.59. The van der Waals surface area contributed by atoms with Crippen LogP contribution in [0.25, 0.3) is 0 Å². The Morgan fingerprint density at radius 1 is 1.25 bits per heavy atom. The molecule has 2 aliphatic rings.